The molecule has 0 saturated heterocycles. The lowest BCUT2D eigenvalue weighted by atomic mass is 10.3. The predicted octanol–water partition coefficient (Wildman–Crippen LogP) is 3.41. The molecule has 4 nitrogen and oxygen atoms in total. The first-order chi connectivity index (χ1) is 9.72. The first-order valence-corrected chi connectivity index (χ1v) is 7.46. The zero-order chi connectivity index (χ0) is 13.9. The normalized spacial score (nSPS) is 26.2. The van der Waals surface area contributed by atoms with Gasteiger partial charge in [-0.25, -0.2) is 5.48 Å². The van der Waals surface area contributed by atoms with Crippen molar-refractivity contribution in [1.29, 1.82) is 0 Å². The highest BCUT2D eigenvalue weighted by molar-refractivity contribution is 5.90. The molecule has 1 heterocycles. The first kappa shape index (κ1) is 13.4. The zero-order valence-electron chi connectivity index (χ0n) is 11.8. The number of hydrogen-bond acceptors (Lipinski definition) is 3. The maximum Gasteiger partial charge on any atom is 0.267 e. The molecule has 108 valence electrons. The van der Waals surface area contributed by atoms with E-state index in [0.717, 1.165) is 30.3 Å². The van der Waals surface area contributed by atoms with Crippen molar-refractivity contribution in [3.63, 3.8) is 0 Å². The molecule has 0 aromatic carbocycles. The van der Waals surface area contributed by atoms with E-state index in [1.807, 2.05) is 12.1 Å². The lowest BCUT2D eigenvalue weighted by Crippen LogP contribution is -2.26. The fourth-order valence-electron chi connectivity index (χ4n) is 2.72. The van der Waals surface area contributed by atoms with Crippen molar-refractivity contribution < 1.29 is 14.0 Å². The highest BCUT2D eigenvalue weighted by Gasteiger charge is 2.36. The quantitative estimate of drug-likeness (QED) is 0.662. The molecule has 2 aliphatic rings. The summed E-state index contributed by atoms with van der Waals surface area (Å²) in [5.74, 6) is 2.79. The molecular formula is C16H21NO3. The fourth-order valence-corrected chi connectivity index (χ4v) is 2.72. The van der Waals surface area contributed by atoms with Crippen LogP contribution in [0.1, 0.15) is 56.5 Å². The molecule has 0 aliphatic heterocycles. The predicted molar refractivity (Wildman–Crippen MR) is 75.7 cm³/mol. The number of carbonyl (C=O) groups excluding carboxylic acids is 1. The van der Waals surface area contributed by atoms with Crippen molar-refractivity contribution in [1.82, 2.24) is 5.48 Å². The second-order valence-electron chi connectivity index (χ2n) is 5.88. The van der Waals surface area contributed by atoms with Gasteiger partial charge < -0.3 is 4.42 Å². The summed E-state index contributed by atoms with van der Waals surface area (Å²) < 4.78 is 5.70. The Morgan fingerprint density at radius 1 is 1.40 bits per heavy atom. The van der Waals surface area contributed by atoms with Crippen molar-refractivity contribution in [2.75, 3.05) is 0 Å². The minimum Gasteiger partial charge on any atom is -0.461 e. The van der Waals surface area contributed by atoms with Gasteiger partial charge in [-0.15, -0.1) is 0 Å². The number of hydrogen-bond donors (Lipinski definition) is 1. The van der Waals surface area contributed by atoms with Crippen LogP contribution < -0.4 is 5.48 Å². The molecule has 1 aromatic rings. The van der Waals surface area contributed by atoms with Crippen molar-refractivity contribution in [2.45, 2.75) is 51.0 Å². The number of hydroxylamine groups is 1. The maximum atomic E-state index is 11.6. The minimum absolute atomic E-state index is 0.180. The van der Waals surface area contributed by atoms with E-state index in [1.54, 1.807) is 6.08 Å². The van der Waals surface area contributed by atoms with E-state index in [9.17, 15) is 4.79 Å². The van der Waals surface area contributed by atoms with E-state index >= 15 is 0 Å². The Balaban J connectivity index is 1.46. The number of carbonyl (C=O) groups is 1. The Bertz CT molecular complexity index is 500. The summed E-state index contributed by atoms with van der Waals surface area (Å²) in [7, 11) is 0. The third kappa shape index (κ3) is 3.31. The Morgan fingerprint density at radius 2 is 2.15 bits per heavy atom. The van der Waals surface area contributed by atoms with Crippen LogP contribution in [0.15, 0.2) is 22.6 Å². The SMILES string of the molecule is CC1CC1c1ccc(/C=C/C(=O)NOC2CCCC2)o1. The van der Waals surface area contributed by atoms with Crippen molar-refractivity contribution in [3.05, 3.63) is 29.7 Å². The van der Waals surface area contributed by atoms with Gasteiger partial charge in [0.2, 0.25) is 0 Å². The average molecular weight is 275 g/mol. The Kier molecular flexibility index (Phi) is 3.92. The summed E-state index contributed by atoms with van der Waals surface area (Å²) in [5, 5.41) is 0. The Morgan fingerprint density at radius 3 is 2.85 bits per heavy atom. The fraction of sp³-hybridized carbons (Fsp3) is 0.562. The number of rotatable bonds is 5. The van der Waals surface area contributed by atoms with Crippen LogP contribution in [0.4, 0.5) is 0 Å². The standard InChI is InChI=1S/C16H21NO3/c1-11-10-14(11)15-8-6-12(19-15)7-9-16(18)17-20-13-4-2-3-5-13/h6-9,11,13-14H,2-5,10H2,1H3,(H,17,18)/b9-7+. The van der Waals surface area contributed by atoms with E-state index in [-0.39, 0.29) is 12.0 Å². The molecule has 0 bridgehead atoms. The molecule has 0 spiro atoms. The molecule has 0 radical (unpaired) electrons. The van der Waals surface area contributed by atoms with Crippen LogP contribution in [0.2, 0.25) is 0 Å². The topological polar surface area (TPSA) is 51.5 Å². The van der Waals surface area contributed by atoms with Gasteiger partial charge in [0.15, 0.2) is 0 Å². The number of furan rings is 1. The summed E-state index contributed by atoms with van der Waals surface area (Å²) in [6.07, 6.45) is 8.95. The highest BCUT2D eigenvalue weighted by atomic mass is 16.7. The molecule has 2 unspecified atom stereocenters. The van der Waals surface area contributed by atoms with Crippen LogP contribution in [-0.2, 0) is 9.63 Å². The second kappa shape index (κ2) is 5.83. The Labute approximate surface area is 119 Å². The second-order valence-corrected chi connectivity index (χ2v) is 5.88. The van der Waals surface area contributed by atoms with E-state index in [4.69, 9.17) is 9.25 Å². The molecule has 2 saturated carbocycles. The van der Waals surface area contributed by atoms with Crippen molar-refractivity contribution in [3.8, 4) is 0 Å². The lowest BCUT2D eigenvalue weighted by Gasteiger charge is -2.09. The molecule has 2 atom stereocenters. The molecule has 1 amide bonds. The molecular weight excluding hydrogens is 254 g/mol. The number of nitrogens with one attached hydrogen (secondary N) is 1. The summed E-state index contributed by atoms with van der Waals surface area (Å²) >= 11 is 0. The van der Waals surface area contributed by atoms with Crippen LogP contribution in [0.3, 0.4) is 0 Å². The van der Waals surface area contributed by atoms with E-state index < -0.39 is 0 Å². The van der Waals surface area contributed by atoms with Crippen molar-refractivity contribution >= 4 is 12.0 Å². The summed E-state index contributed by atoms with van der Waals surface area (Å²) in [6, 6.07) is 3.91. The van der Waals surface area contributed by atoms with E-state index in [0.29, 0.717) is 5.92 Å². The smallest absolute Gasteiger partial charge is 0.267 e. The van der Waals surface area contributed by atoms with Crippen LogP contribution in [-0.4, -0.2) is 12.0 Å². The Hall–Kier alpha value is -1.55. The van der Waals surface area contributed by atoms with Crippen molar-refractivity contribution in [2.24, 2.45) is 5.92 Å². The molecule has 3 rings (SSSR count). The van der Waals surface area contributed by atoms with Crippen LogP contribution >= 0.6 is 0 Å². The summed E-state index contributed by atoms with van der Waals surface area (Å²) in [6.45, 7) is 2.22. The molecule has 20 heavy (non-hydrogen) atoms. The molecule has 4 heteroatoms. The van der Waals surface area contributed by atoms with Crippen LogP contribution in [0.5, 0.6) is 0 Å². The van der Waals surface area contributed by atoms with Crippen LogP contribution in [0, 0.1) is 5.92 Å². The number of amides is 1. The van der Waals surface area contributed by atoms with Gasteiger partial charge in [-0.3, -0.25) is 9.63 Å². The monoisotopic (exact) mass is 275 g/mol. The maximum absolute atomic E-state index is 11.6. The molecule has 1 aromatic heterocycles. The van der Waals surface area contributed by atoms with Gasteiger partial charge in [0, 0.05) is 12.0 Å². The molecule has 1 N–H and O–H groups in total. The van der Waals surface area contributed by atoms with Gasteiger partial charge in [-0.05, 0) is 43.4 Å². The van der Waals surface area contributed by atoms with Gasteiger partial charge >= 0.3 is 0 Å². The largest absolute Gasteiger partial charge is 0.461 e. The van der Waals surface area contributed by atoms with Gasteiger partial charge in [-0.1, -0.05) is 19.8 Å². The van der Waals surface area contributed by atoms with Gasteiger partial charge in [0.1, 0.15) is 11.5 Å². The zero-order valence-corrected chi connectivity index (χ0v) is 11.8. The highest BCUT2D eigenvalue weighted by Crippen LogP contribution is 2.47. The van der Waals surface area contributed by atoms with E-state index in [2.05, 4.69) is 12.4 Å². The van der Waals surface area contributed by atoms with Gasteiger partial charge in [0.05, 0.1) is 6.10 Å². The van der Waals surface area contributed by atoms with Gasteiger partial charge in [0.25, 0.3) is 5.91 Å². The van der Waals surface area contributed by atoms with E-state index in [1.165, 1.54) is 25.3 Å². The third-order valence-corrected chi connectivity index (χ3v) is 4.15. The minimum atomic E-state index is -0.241. The molecule has 2 fully saturated rings. The lowest BCUT2D eigenvalue weighted by molar-refractivity contribution is -0.132. The molecule has 2 aliphatic carbocycles. The summed E-state index contributed by atoms with van der Waals surface area (Å²) in [5.41, 5.74) is 2.48. The average Bonchev–Trinajstić information content (AvgIpc) is 2.92. The first-order valence-electron chi connectivity index (χ1n) is 7.46. The third-order valence-electron chi connectivity index (χ3n) is 4.15. The summed E-state index contributed by atoms with van der Waals surface area (Å²) in [4.78, 5) is 17.0. The van der Waals surface area contributed by atoms with Crippen LogP contribution in [0.25, 0.3) is 6.08 Å². The van der Waals surface area contributed by atoms with Gasteiger partial charge in [-0.2, -0.15) is 0 Å².